The number of hydrogen-bond acceptors (Lipinski definition) is 4. The van der Waals surface area contributed by atoms with Crippen molar-refractivity contribution in [3.8, 4) is 5.75 Å². The molecule has 0 aromatic heterocycles. The number of anilines is 1. The smallest absolute Gasteiger partial charge is 0.256 e. The minimum atomic E-state index is -0.845. The summed E-state index contributed by atoms with van der Waals surface area (Å²) in [6.07, 6.45) is 0. The minimum absolute atomic E-state index is 0.174. The molecule has 0 heterocycles. The topological polar surface area (TPSA) is 56.8 Å². The second-order valence-electron chi connectivity index (χ2n) is 4.76. The largest absolute Gasteiger partial charge is 0.491 e. The molecule has 5 nitrogen and oxygen atoms in total. The Morgan fingerprint density at radius 1 is 1.20 bits per heavy atom. The first-order valence-corrected chi connectivity index (χ1v) is 6.67. The van der Waals surface area contributed by atoms with Gasteiger partial charge in [-0.05, 0) is 45.0 Å². The highest BCUT2D eigenvalue weighted by Gasteiger charge is 2.27. The van der Waals surface area contributed by atoms with E-state index in [1.54, 1.807) is 45.2 Å². The van der Waals surface area contributed by atoms with Gasteiger partial charge in [0, 0.05) is 19.4 Å². The van der Waals surface area contributed by atoms with Crippen molar-refractivity contribution in [2.75, 3.05) is 32.2 Å². The summed E-state index contributed by atoms with van der Waals surface area (Å²) in [6.45, 7) is 6.89. The van der Waals surface area contributed by atoms with Gasteiger partial charge in [0.2, 0.25) is 0 Å². The maximum Gasteiger partial charge on any atom is 0.256 e. The first-order chi connectivity index (χ1) is 9.49. The highest BCUT2D eigenvalue weighted by molar-refractivity contribution is 5.96. The van der Waals surface area contributed by atoms with E-state index in [9.17, 15) is 4.79 Å². The predicted molar refractivity (Wildman–Crippen MR) is 78.1 cm³/mol. The van der Waals surface area contributed by atoms with Gasteiger partial charge in [-0.2, -0.15) is 0 Å². The molecule has 0 spiro atoms. The van der Waals surface area contributed by atoms with Crippen LogP contribution in [0.2, 0.25) is 0 Å². The quantitative estimate of drug-likeness (QED) is 0.744. The van der Waals surface area contributed by atoms with Crippen molar-refractivity contribution >= 4 is 11.6 Å². The molecule has 5 heteroatoms. The maximum absolute atomic E-state index is 12.0. The molecule has 1 aromatic carbocycles. The van der Waals surface area contributed by atoms with Crippen LogP contribution in [0.25, 0.3) is 0 Å². The molecule has 1 aromatic rings. The number of ether oxygens (including phenoxy) is 3. The van der Waals surface area contributed by atoms with Gasteiger partial charge in [-0.1, -0.05) is 0 Å². The van der Waals surface area contributed by atoms with Gasteiger partial charge in [-0.15, -0.1) is 0 Å². The van der Waals surface area contributed by atoms with Crippen LogP contribution in [0, 0.1) is 0 Å². The van der Waals surface area contributed by atoms with Crippen LogP contribution >= 0.6 is 0 Å². The number of hydrogen-bond donors (Lipinski definition) is 1. The standard InChI is InChI=1S/C15H23NO4/c1-5-20-15(2,3)14(17)16-12-6-8-13(9-7-12)19-11-10-18-4/h6-9H,5,10-11H2,1-4H3,(H,16,17). The lowest BCUT2D eigenvalue weighted by molar-refractivity contribution is -0.136. The fourth-order valence-electron chi connectivity index (χ4n) is 1.59. The molecule has 1 N–H and O–H groups in total. The van der Waals surface area contributed by atoms with Crippen LogP contribution in [-0.4, -0.2) is 38.4 Å². The van der Waals surface area contributed by atoms with E-state index < -0.39 is 5.60 Å². The molecule has 0 aliphatic heterocycles. The SMILES string of the molecule is CCOC(C)(C)C(=O)Nc1ccc(OCCOC)cc1. The van der Waals surface area contributed by atoms with Crippen molar-refractivity contribution in [3.63, 3.8) is 0 Å². The zero-order valence-electron chi connectivity index (χ0n) is 12.6. The van der Waals surface area contributed by atoms with Crippen molar-refractivity contribution < 1.29 is 19.0 Å². The van der Waals surface area contributed by atoms with Crippen LogP contribution in [0.15, 0.2) is 24.3 Å². The molecule has 0 bridgehead atoms. The number of amides is 1. The summed E-state index contributed by atoms with van der Waals surface area (Å²) in [4.78, 5) is 12.0. The summed E-state index contributed by atoms with van der Waals surface area (Å²) in [5, 5.41) is 2.82. The second kappa shape index (κ2) is 7.87. The third-order valence-corrected chi connectivity index (χ3v) is 2.72. The monoisotopic (exact) mass is 281 g/mol. The zero-order chi connectivity index (χ0) is 15.0. The number of rotatable bonds is 8. The van der Waals surface area contributed by atoms with Crippen LogP contribution in [0.4, 0.5) is 5.69 Å². The first kappa shape index (κ1) is 16.5. The lowest BCUT2D eigenvalue weighted by Crippen LogP contribution is -2.39. The number of nitrogens with one attached hydrogen (secondary N) is 1. The molecule has 20 heavy (non-hydrogen) atoms. The molecule has 112 valence electrons. The summed E-state index contributed by atoms with van der Waals surface area (Å²) < 4.78 is 15.8. The lowest BCUT2D eigenvalue weighted by atomic mass is 10.1. The Kier molecular flexibility index (Phi) is 6.48. The van der Waals surface area contributed by atoms with Gasteiger partial charge < -0.3 is 19.5 Å². The molecule has 0 aliphatic rings. The van der Waals surface area contributed by atoms with E-state index in [1.165, 1.54) is 0 Å². The highest BCUT2D eigenvalue weighted by atomic mass is 16.5. The fourth-order valence-corrected chi connectivity index (χ4v) is 1.59. The van der Waals surface area contributed by atoms with Crippen LogP contribution in [-0.2, 0) is 14.3 Å². The van der Waals surface area contributed by atoms with Gasteiger partial charge in [0.15, 0.2) is 0 Å². The molecule has 0 aliphatic carbocycles. The van der Waals surface area contributed by atoms with Crippen molar-refractivity contribution in [2.45, 2.75) is 26.4 Å². The molecular weight excluding hydrogens is 258 g/mol. The summed E-state index contributed by atoms with van der Waals surface area (Å²) in [6, 6.07) is 7.20. The second-order valence-corrected chi connectivity index (χ2v) is 4.76. The Labute approximate surface area is 120 Å². The van der Waals surface area contributed by atoms with Crippen molar-refractivity contribution in [1.29, 1.82) is 0 Å². The van der Waals surface area contributed by atoms with Gasteiger partial charge in [0.25, 0.3) is 5.91 Å². The van der Waals surface area contributed by atoms with Gasteiger partial charge in [-0.3, -0.25) is 4.79 Å². The molecular formula is C15H23NO4. The summed E-state index contributed by atoms with van der Waals surface area (Å²) in [5.41, 5.74) is -0.135. The maximum atomic E-state index is 12.0. The Balaban J connectivity index is 2.54. The molecule has 1 amide bonds. The average molecular weight is 281 g/mol. The van der Waals surface area contributed by atoms with Crippen molar-refractivity contribution in [2.24, 2.45) is 0 Å². The molecule has 0 radical (unpaired) electrons. The van der Waals surface area contributed by atoms with Crippen molar-refractivity contribution in [3.05, 3.63) is 24.3 Å². The molecule has 0 atom stereocenters. The van der Waals surface area contributed by atoms with E-state index in [2.05, 4.69) is 5.32 Å². The van der Waals surface area contributed by atoms with Gasteiger partial charge in [0.1, 0.15) is 18.0 Å². The Morgan fingerprint density at radius 3 is 2.40 bits per heavy atom. The third kappa shape index (κ3) is 5.19. The fraction of sp³-hybridized carbons (Fsp3) is 0.533. The summed E-state index contributed by atoms with van der Waals surface area (Å²) in [5.74, 6) is 0.566. The van der Waals surface area contributed by atoms with E-state index in [-0.39, 0.29) is 5.91 Å². The highest BCUT2D eigenvalue weighted by Crippen LogP contribution is 2.18. The van der Waals surface area contributed by atoms with E-state index in [4.69, 9.17) is 14.2 Å². The predicted octanol–water partition coefficient (Wildman–Crippen LogP) is 2.47. The zero-order valence-corrected chi connectivity index (χ0v) is 12.6. The molecule has 0 unspecified atom stereocenters. The summed E-state index contributed by atoms with van der Waals surface area (Å²) in [7, 11) is 1.63. The van der Waals surface area contributed by atoms with Crippen LogP contribution < -0.4 is 10.1 Å². The minimum Gasteiger partial charge on any atom is -0.491 e. The van der Waals surface area contributed by atoms with Gasteiger partial charge in [-0.25, -0.2) is 0 Å². The normalized spacial score (nSPS) is 11.2. The molecule has 0 saturated heterocycles. The lowest BCUT2D eigenvalue weighted by Gasteiger charge is -2.23. The number of benzene rings is 1. The number of carbonyl (C=O) groups excluding carboxylic acids is 1. The molecule has 1 rings (SSSR count). The molecule has 0 fully saturated rings. The van der Waals surface area contributed by atoms with E-state index in [1.807, 2.05) is 6.92 Å². The van der Waals surface area contributed by atoms with Crippen LogP contribution in [0.1, 0.15) is 20.8 Å². The Morgan fingerprint density at radius 2 is 1.85 bits per heavy atom. The first-order valence-electron chi connectivity index (χ1n) is 6.67. The van der Waals surface area contributed by atoms with Gasteiger partial charge in [0.05, 0.1) is 6.61 Å². The van der Waals surface area contributed by atoms with Crippen LogP contribution in [0.5, 0.6) is 5.75 Å². The number of carbonyl (C=O) groups is 1. The summed E-state index contributed by atoms with van der Waals surface area (Å²) >= 11 is 0. The van der Waals surface area contributed by atoms with Crippen LogP contribution in [0.3, 0.4) is 0 Å². The molecule has 0 saturated carbocycles. The number of methoxy groups -OCH3 is 1. The van der Waals surface area contributed by atoms with E-state index in [0.717, 1.165) is 5.75 Å². The van der Waals surface area contributed by atoms with E-state index in [0.29, 0.717) is 25.5 Å². The van der Waals surface area contributed by atoms with Gasteiger partial charge >= 0.3 is 0 Å². The Hall–Kier alpha value is -1.59. The van der Waals surface area contributed by atoms with E-state index >= 15 is 0 Å². The van der Waals surface area contributed by atoms with Crippen molar-refractivity contribution in [1.82, 2.24) is 0 Å². The Bertz CT molecular complexity index is 414. The average Bonchev–Trinajstić information content (AvgIpc) is 2.41. The third-order valence-electron chi connectivity index (χ3n) is 2.72.